The summed E-state index contributed by atoms with van der Waals surface area (Å²) in [6.07, 6.45) is 2.67. The molecule has 1 aromatic carbocycles. The van der Waals surface area contributed by atoms with Crippen LogP contribution in [0.1, 0.15) is 28.7 Å². The molecular formula is C16H18N4O. The number of aromatic nitrogens is 2. The molecule has 2 heterocycles. The summed E-state index contributed by atoms with van der Waals surface area (Å²) in [7, 11) is 0. The predicted octanol–water partition coefficient (Wildman–Crippen LogP) is 1.37. The minimum absolute atomic E-state index is 0.322. The van der Waals surface area contributed by atoms with Gasteiger partial charge in [-0.15, -0.1) is 0 Å². The number of benzene rings is 1. The maximum absolute atomic E-state index is 11.9. The Labute approximate surface area is 123 Å². The molecule has 1 atom stereocenters. The molecule has 5 nitrogen and oxygen atoms in total. The fraction of sp³-hybridized carbons (Fsp3) is 0.312. The van der Waals surface area contributed by atoms with E-state index in [1.165, 1.54) is 0 Å². The first-order valence-corrected chi connectivity index (χ1v) is 7.05. The summed E-state index contributed by atoms with van der Waals surface area (Å²) in [5.41, 5.74) is 8.72. The van der Waals surface area contributed by atoms with Crippen LogP contribution in [0.2, 0.25) is 0 Å². The van der Waals surface area contributed by atoms with Crippen molar-refractivity contribution in [2.24, 2.45) is 5.73 Å². The number of hydrogen-bond acceptors (Lipinski definition) is 4. The molecule has 1 aliphatic rings. The van der Waals surface area contributed by atoms with Gasteiger partial charge in [0.15, 0.2) is 0 Å². The second-order valence-electron chi connectivity index (χ2n) is 5.33. The zero-order valence-corrected chi connectivity index (χ0v) is 12.0. The van der Waals surface area contributed by atoms with Crippen molar-refractivity contribution >= 4 is 5.91 Å². The van der Waals surface area contributed by atoms with Gasteiger partial charge in [0.25, 0.3) is 0 Å². The first-order valence-electron chi connectivity index (χ1n) is 7.05. The molecule has 0 fully saturated rings. The Balaban J connectivity index is 1.89. The Morgan fingerprint density at radius 1 is 1.33 bits per heavy atom. The van der Waals surface area contributed by atoms with E-state index in [0.717, 1.165) is 35.6 Å². The Hall–Kier alpha value is -2.27. The van der Waals surface area contributed by atoms with Crippen molar-refractivity contribution in [1.82, 2.24) is 14.9 Å². The van der Waals surface area contributed by atoms with Crippen LogP contribution in [0, 0.1) is 6.92 Å². The average Bonchev–Trinajstić information content (AvgIpc) is 2.48. The van der Waals surface area contributed by atoms with Gasteiger partial charge in [0.2, 0.25) is 5.91 Å². The number of nitrogens with two attached hydrogens (primary N) is 1. The van der Waals surface area contributed by atoms with Gasteiger partial charge in [0.1, 0.15) is 11.9 Å². The van der Waals surface area contributed by atoms with Crippen LogP contribution in [0.25, 0.3) is 0 Å². The van der Waals surface area contributed by atoms with Gasteiger partial charge in [-0.25, -0.2) is 9.97 Å². The van der Waals surface area contributed by atoms with Gasteiger partial charge in [0.05, 0.1) is 0 Å². The highest BCUT2D eigenvalue weighted by Crippen LogP contribution is 2.26. The Bertz CT molecular complexity index is 657. The lowest BCUT2D eigenvalue weighted by Crippen LogP contribution is -2.41. The van der Waals surface area contributed by atoms with E-state index in [1.54, 1.807) is 0 Å². The summed E-state index contributed by atoms with van der Waals surface area (Å²) in [6.45, 7) is 3.31. The number of primary amides is 1. The normalized spacial score (nSPS) is 16.2. The van der Waals surface area contributed by atoms with Crippen LogP contribution >= 0.6 is 0 Å². The molecule has 2 N–H and O–H groups in total. The molecule has 108 valence electrons. The van der Waals surface area contributed by atoms with Crippen LogP contribution in [0.15, 0.2) is 36.5 Å². The molecule has 21 heavy (non-hydrogen) atoms. The van der Waals surface area contributed by atoms with E-state index in [1.807, 2.05) is 43.5 Å². The molecule has 2 aromatic rings. The van der Waals surface area contributed by atoms with Crippen molar-refractivity contribution in [3.63, 3.8) is 0 Å². The second-order valence-corrected chi connectivity index (χ2v) is 5.33. The van der Waals surface area contributed by atoms with Gasteiger partial charge in [0, 0.05) is 37.0 Å². The molecule has 1 aromatic heterocycles. The van der Waals surface area contributed by atoms with Crippen molar-refractivity contribution in [3.05, 3.63) is 59.2 Å². The molecule has 0 radical (unpaired) electrons. The third kappa shape index (κ3) is 2.78. The number of rotatable bonds is 3. The molecule has 1 unspecified atom stereocenters. The van der Waals surface area contributed by atoms with Gasteiger partial charge in [-0.2, -0.15) is 0 Å². The molecule has 0 aliphatic carbocycles. The quantitative estimate of drug-likeness (QED) is 0.923. The largest absolute Gasteiger partial charge is 0.368 e. The standard InChI is InChI=1S/C16H18N4O/c1-11-18-9-13-10-20(8-7-14(13)19-11)15(16(17)21)12-5-3-2-4-6-12/h2-6,9,15H,7-8,10H2,1H3,(H2,17,21). The maximum atomic E-state index is 11.9. The first-order chi connectivity index (χ1) is 10.1. The highest BCUT2D eigenvalue weighted by Gasteiger charge is 2.29. The summed E-state index contributed by atoms with van der Waals surface area (Å²) in [5, 5.41) is 0. The van der Waals surface area contributed by atoms with Crippen molar-refractivity contribution in [2.45, 2.75) is 25.9 Å². The van der Waals surface area contributed by atoms with Crippen LogP contribution in [0.4, 0.5) is 0 Å². The van der Waals surface area contributed by atoms with Crippen LogP contribution in [-0.4, -0.2) is 27.3 Å². The SMILES string of the molecule is Cc1ncc2c(n1)CCN(C(C(N)=O)c1ccccc1)C2. The number of carbonyl (C=O) groups is 1. The molecule has 5 heteroatoms. The van der Waals surface area contributed by atoms with Gasteiger partial charge in [-0.05, 0) is 12.5 Å². The molecule has 3 rings (SSSR count). The summed E-state index contributed by atoms with van der Waals surface area (Å²) in [4.78, 5) is 22.7. The topological polar surface area (TPSA) is 72.1 Å². The van der Waals surface area contributed by atoms with Crippen LogP contribution in [0.5, 0.6) is 0 Å². The van der Waals surface area contributed by atoms with Crippen LogP contribution in [0.3, 0.4) is 0 Å². The third-order valence-electron chi connectivity index (χ3n) is 3.83. The number of hydrogen-bond donors (Lipinski definition) is 1. The van der Waals surface area contributed by atoms with Crippen molar-refractivity contribution in [3.8, 4) is 0 Å². The van der Waals surface area contributed by atoms with E-state index in [-0.39, 0.29) is 5.91 Å². The zero-order valence-electron chi connectivity index (χ0n) is 12.0. The molecular weight excluding hydrogens is 264 g/mol. The maximum Gasteiger partial charge on any atom is 0.239 e. The van der Waals surface area contributed by atoms with E-state index >= 15 is 0 Å². The fourth-order valence-corrected chi connectivity index (χ4v) is 2.85. The molecule has 1 aliphatic heterocycles. The monoisotopic (exact) mass is 282 g/mol. The van der Waals surface area contributed by atoms with Gasteiger partial charge < -0.3 is 5.73 Å². The summed E-state index contributed by atoms with van der Waals surface area (Å²) < 4.78 is 0. The summed E-state index contributed by atoms with van der Waals surface area (Å²) in [6, 6.07) is 9.27. The molecule has 1 amide bonds. The lowest BCUT2D eigenvalue weighted by atomic mass is 10.00. The van der Waals surface area contributed by atoms with E-state index in [0.29, 0.717) is 6.54 Å². The average molecular weight is 282 g/mol. The van der Waals surface area contributed by atoms with Gasteiger partial charge in [-0.1, -0.05) is 30.3 Å². The fourth-order valence-electron chi connectivity index (χ4n) is 2.85. The summed E-state index contributed by atoms with van der Waals surface area (Å²) >= 11 is 0. The smallest absolute Gasteiger partial charge is 0.239 e. The molecule has 0 bridgehead atoms. The Morgan fingerprint density at radius 3 is 2.81 bits per heavy atom. The number of carbonyl (C=O) groups excluding carboxylic acids is 1. The number of fused-ring (bicyclic) bond motifs is 1. The minimum Gasteiger partial charge on any atom is -0.368 e. The van der Waals surface area contributed by atoms with Crippen LogP contribution < -0.4 is 5.73 Å². The van der Waals surface area contributed by atoms with Crippen molar-refractivity contribution < 1.29 is 4.79 Å². The second kappa shape index (κ2) is 5.61. The van der Waals surface area contributed by atoms with E-state index in [2.05, 4.69) is 14.9 Å². The molecule has 0 saturated carbocycles. The van der Waals surface area contributed by atoms with Crippen molar-refractivity contribution in [1.29, 1.82) is 0 Å². The first kappa shape index (κ1) is 13.7. The van der Waals surface area contributed by atoms with Crippen molar-refractivity contribution in [2.75, 3.05) is 6.54 Å². The lowest BCUT2D eigenvalue weighted by molar-refractivity contribution is -0.123. The Kier molecular flexibility index (Phi) is 3.66. The van der Waals surface area contributed by atoms with E-state index in [4.69, 9.17) is 5.73 Å². The number of nitrogens with zero attached hydrogens (tertiary/aromatic N) is 3. The zero-order chi connectivity index (χ0) is 14.8. The number of amides is 1. The van der Waals surface area contributed by atoms with Crippen LogP contribution in [-0.2, 0) is 17.8 Å². The Morgan fingerprint density at radius 2 is 2.10 bits per heavy atom. The highest BCUT2D eigenvalue weighted by molar-refractivity contribution is 5.81. The van der Waals surface area contributed by atoms with E-state index < -0.39 is 6.04 Å². The van der Waals surface area contributed by atoms with E-state index in [9.17, 15) is 4.79 Å². The lowest BCUT2D eigenvalue weighted by Gasteiger charge is -2.33. The molecule has 0 saturated heterocycles. The van der Waals surface area contributed by atoms with Gasteiger partial charge in [-0.3, -0.25) is 9.69 Å². The highest BCUT2D eigenvalue weighted by atomic mass is 16.1. The van der Waals surface area contributed by atoms with Gasteiger partial charge >= 0.3 is 0 Å². The third-order valence-corrected chi connectivity index (χ3v) is 3.83. The number of aryl methyl sites for hydroxylation is 1. The summed E-state index contributed by atoms with van der Waals surface area (Å²) in [5.74, 6) is 0.467. The minimum atomic E-state index is -0.402. The molecule has 0 spiro atoms. The predicted molar refractivity (Wildman–Crippen MR) is 79.3 cm³/mol.